The molecule has 2 saturated heterocycles. The van der Waals surface area contributed by atoms with Crippen molar-refractivity contribution >= 4 is 11.4 Å². The summed E-state index contributed by atoms with van der Waals surface area (Å²) in [6, 6.07) is 0. The molecule has 0 amide bonds. The van der Waals surface area contributed by atoms with Crippen LogP contribution >= 0.6 is 0 Å². The van der Waals surface area contributed by atoms with Crippen molar-refractivity contribution in [1.29, 1.82) is 0 Å². The Morgan fingerprint density at radius 3 is 1.00 bits per heavy atom. The minimum absolute atomic E-state index is 0.0907. The van der Waals surface area contributed by atoms with Crippen molar-refractivity contribution in [3.8, 4) is 0 Å². The summed E-state index contributed by atoms with van der Waals surface area (Å²) in [5.74, 6) is 0. The minimum Gasteiger partial charge on any atom is -0.306 e. The van der Waals surface area contributed by atoms with Gasteiger partial charge in [-0.05, 0) is 55.4 Å². The lowest BCUT2D eigenvalue weighted by Gasteiger charge is -2.43. The first-order valence-electron chi connectivity index (χ1n) is 8.48. The smallest absolute Gasteiger partial charge is 0.0442 e. The Hall–Kier alpha value is -0.740. The second-order valence-corrected chi connectivity index (χ2v) is 9.83. The normalized spacial score (nSPS) is 29.1. The van der Waals surface area contributed by atoms with Crippen LogP contribution in [-0.2, 0) is 0 Å². The summed E-state index contributed by atoms with van der Waals surface area (Å²) in [4.78, 5) is 0. The zero-order valence-corrected chi connectivity index (χ0v) is 15.7. The summed E-state index contributed by atoms with van der Waals surface area (Å²) in [6.07, 6.45) is 3.88. The quantitative estimate of drug-likeness (QED) is 0.726. The molecule has 2 fully saturated rings. The molecule has 22 heavy (non-hydrogen) atoms. The standard InChI is InChI=1S/C18H34N4/c1-15(2)9-13(10-16(3,4)21-15)19-20-14-11-17(5,6)22-18(7,8)12-14/h21-22H,9-12H2,1-8H3. The van der Waals surface area contributed by atoms with Gasteiger partial charge < -0.3 is 10.6 Å². The number of hydrogen-bond donors (Lipinski definition) is 2. The zero-order chi connectivity index (χ0) is 16.8. The van der Waals surface area contributed by atoms with Crippen molar-refractivity contribution in [1.82, 2.24) is 10.6 Å². The Balaban J connectivity index is 2.18. The molecular weight excluding hydrogens is 272 g/mol. The molecule has 0 atom stereocenters. The van der Waals surface area contributed by atoms with Gasteiger partial charge in [0.1, 0.15) is 0 Å². The highest BCUT2D eigenvalue weighted by molar-refractivity contribution is 5.90. The van der Waals surface area contributed by atoms with E-state index in [1.165, 1.54) is 11.4 Å². The molecule has 4 nitrogen and oxygen atoms in total. The van der Waals surface area contributed by atoms with E-state index in [4.69, 9.17) is 0 Å². The van der Waals surface area contributed by atoms with Gasteiger partial charge >= 0.3 is 0 Å². The third-order valence-electron chi connectivity index (χ3n) is 4.27. The predicted molar refractivity (Wildman–Crippen MR) is 95.9 cm³/mol. The summed E-state index contributed by atoms with van der Waals surface area (Å²) in [6.45, 7) is 17.9. The molecule has 2 aliphatic heterocycles. The highest BCUT2D eigenvalue weighted by Crippen LogP contribution is 2.28. The van der Waals surface area contributed by atoms with E-state index >= 15 is 0 Å². The van der Waals surface area contributed by atoms with Gasteiger partial charge in [-0.2, -0.15) is 10.2 Å². The van der Waals surface area contributed by atoms with Crippen LogP contribution in [0.4, 0.5) is 0 Å². The number of piperidine rings is 2. The van der Waals surface area contributed by atoms with Gasteiger partial charge in [-0.1, -0.05) is 0 Å². The molecule has 0 aromatic rings. The topological polar surface area (TPSA) is 48.8 Å². The largest absolute Gasteiger partial charge is 0.306 e. The molecule has 2 heterocycles. The monoisotopic (exact) mass is 306 g/mol. The summed E-state index contributed by atoms with van der Waals surface area (Å²) in [5, 5.41) is 16.7. The molecule has 4 heteroatoms. The molecule has 2 rings (SSSR count). The van der Waals surface area contributed by atoms with E-state index < -0.39 is 0 Å². The minimum atomic E-state index is 0.0907. The van der Waals surface area contributed by atoms with Crippen LogP contribution in [-0.4, -0.2) is 33.6 Å². The molecule has 0 bridgehead atoms. The lowest BCUT2D eigenvalue weighted by Crippen LogP contribution is -2.58. The highest BCUT2D eigenvalue weighted by atomic mass is 15.2. The van der Waals surface area contributed by atoms with Gasteiger partial charge in [-0.3, -0.25) is 0 Å². The zero-order valence-electron chi connectivity index (χ0n) is 15.7. The molecule has 0 saturated carbocycles. The van der Waals surface area contributed by atoms with Crippen LogP contribution in [0.25, 0.3) is 0 Å². The molecule has 0 unspecified atom stereocenters. The van der Waals surface area contributed by atoms with E-state index in [1.54, 1.807) is 0 Å². The summed E-state index contributed by atoms with van der Waals surface area (Å²) >= 11 is 0. The molecule has 126 valence electrons. The van der Waals surface area contributed by atoms with Crippen molar-refractivity contribution in [2.24, 2.45) is 10.2 Å². The molecule has 0 radical (unpaired) electrons. The molecular formula is C18H34N4. The highest BCUT2D eigenvalue weighted by Gasteiger charge is 2.37. The molecule has 2 N–H and O–H groups in total. The molecule has 2 aliphatic rings. The van der Waals surface area contributed by atoms with Crippen molar-refractivity contribution < 1.29 is 0 Å². The number of nitrogens with one attached hydrogen (secondary N) is 2. The fourth-order valence-electron chi connectivity index (χ4n) is 4.46. The molecule has 0 aromatic carbocycles. The van der Waals surface area contributed by atoms with Gasteiger partial charge in [0.25, 0.3) is 0 Å². The summed E-state index contributed by atoms with van der Waals surface area (Å²) in [7, 11) is 0. The van der Waals surface area contributed by atoms with Crippen LogP contribution < -0.4 is 10.6 Å². The lowest BCUT2D eigenvalue weighted by atomic mass is 9.81. The SMILES string of the molecule is CC1(C)CC(=NN=C2CC(C)(C)NC(C)(C)C2)CC(C)(C)N1. The van der Waals surface area contributed by atoms with Crippen LogP contribution in [0.2, 0.25) is 0 Å². The van der Waals surface area contributed by atoms with Gasteiger partial charge in [-0.25, -0.2) is 0 Å². The second-order valence-electron chi connectivity index (χ2n) is 9.83. The van der Waals surface area contributed by atoms with Crippen LogP contribution in [0.3, 0.4) is 0 Å². The van der Waals surface area contributed by atoms with E-state index in [9.17, 15) is 0 Å². The third kappa shape index (κ3) is 4.88. The molecule has 0 aromatic heterocycles. The van der Waals surface area contributed by atoms with E-state index in [0.29, 0.717) is 0 Å². The lowest BCUT2D eigenvalue weighted by molar-refractivity contribution is 0.249. The van der Waals surface area contributed by atoms with Gasteiger partial charge in [-0.15, -0.1) is 0 Å². The maximum atomic E-state index is 4.67. The van der Waals surface area contributed by atoms with E-state index in [2.05, 4.69) is 76.2 Å². The number of hydrogen-bond acceptors (Lipinski definition) is 4. The predicted octanol–water partition coefficient (Wildman–Crippen LogP) is 3.66. The Bertz CT molecular complexity index is 413. The number of rotatable bonds is 1. The van der Waals surface area contributed by atoms with Crippen LogP contribution in [0.1, 0.15) is 81.1 Å². The van der Waals surface area contributed by atoms with Crippen LogP contribution in [0, 0.1) is 0 Å². The van der Waals surface area contributed by atoms with Gasteiger partial charge in [0.2, 0.25) is 0 Å². The van der Waals surface area contributed by atoms with Crippen LogP contribution in [0.15, 0.2) is 10.2 Å². The first-order chi connectivity index (χ1) is 9.78. The van der Waals surface area contributed by atoms with Crippen molar-refractivity contribution in [2.45, 2.75) is 103 Å². The Morgan fingerprint density at radius 1 is 0.545 bits per heavy atom. The van der Waals surface area contributed by atoms with Gasteiger partial charge in [0.15, 0.2) is 0 Å². The van der Waals surface area contributed by atoms with Gasteiger partial charge in [0, 0.05) is 59.3 Å². The maximum Gasteiger partial charge on any atom is 0.0442 e. The molecule has 0 spiro atoms. The third-order valence-corrected chi connectivity index (χ3v) is 4.27. The van der Waals surface area contributed by atoms with Gasteiger partial charge in [0.05, 0.1) is 0 Å². The number of nitrogens with zero attached hydrogens (tertiary/aromatic N) is 2. The van der Waals surface area contributed by atoms with Crippen molar-refractivity contribution in [3.63, 3.8) is 0 Å². The fourth-order valence-corrected chi connectivity index (χ4v) is 4.46. The first-order valence-corrected chi connectivity index (χ1v) is 8.48. The fraction of sp³-hybridized carbons (Fsp3) is 0.889. The average molecular weight is 306 g/mol. The average Bonchev–Trinajstić information content (AvgIpc) is 2.17. The van der Waals surface area contributed by atoms with Crippen molar-refractivity contribution in [3.05, 3.63) is 0 Å². The summed E-state index contributed by atoms with van der Waals surface area (Å²) < 4.78 is 0. The Kier molecular flexibility index (Phi) is 4.33. The molecule has 0 aliphatic carbocycles. The van der Waals surface area contributed by atoms with E-state index in [0.717, 1.165) is 25.7 Å². The van der Waals surface area contributed by atoms with E-state index in [-0.39, 0.29) is 22.2 Å². The van der Waals surface area contributed by atoms with Crippen molar-refractivity contribution in [2.75, 3.05) is 0 Å². The van der Waals surface area contributed by atoms with Crippen LogP contribution in [0.5, 0.6) is 0 Å². The first kappa shape index (κ1) is 17.6. The maximum absolute atomic E-state index is 4.67. The second kappa shape index (κ2) is 5.41. The van der Waals surface area contributed by atoms with E-state index in [1.807, 2.05) is 0 Å². The summed E-state index contributed by atoms with van der Waals surface area (Å²) in [5.41, 5.74) is 2.80. The Morgan fingerprint density at radius 2 is 0.773 bits per heavy atom. The Labute approximate surface area is 136 Å².